The molecule has 0 saturated heterocycles. The Morgan fingerprint density at radius 2 is 1.56 bits per heavy atom. The van der Waals surface area contributed by atoms with Crippen LogP contribution in [-0.4, -0.2) is 34.0 Å². The van der Waals surface area contributed by atoms with Gasteiger partial charge in [0.1, 0.15) is 0 Å². The molecule has 0 aromatic rings. The topological polar surface area (TPSA) is 29.1 Å². The molecule has 0 rings (SSSR count). The highest BCUT2D eigenvalue weighted by Gasteiger charge is 2.31. The average molecular weight is 306 g/mol. The summed E-state index contributed by atoms with van der Waals surface area (Å²) in [6.45, 7) is 14.0. The summed E-state index contributed by atoms with van der Waals surface area (Å²) in [5, 5.41) is 3.55. The van der Waals surface area contributed by atoms with Crippen LogP contribution in [0.25, 0.3) is 0 Å². The van der Waals surface area contributed by atoms with Crippen LogP contribution in [0.1, 0.15) is 19.3 Å². The van der Waals surface area contributed by atoms with Crippen LogP contribution in [0, 0.1) is 0 Å². The summed E-state index contributed by atoms with van der Waals surface area (Å²) in [5.74, 6) is 0. The maximum Gasteiger partial charge on any atom is 0.186 e. The molecule has 0 saturated carbocycles. The number of thiol groups is 1. The van der Waals surface area contributed by atoms with E-state index in [0.717, 1.165) is 12.8 Å². The van der Waals surface area contributed by atoms with Gasteiger partial charge in [-0.1, -0.05) is 45.7 Å². The summed E-state index contributed by atoms with van der Waals surface area (Å²) in [7, 11) is -0.490. The van der Waals surface area contributed by atoms with Gasteiger partial charge in [0.25, 0.3) is 0 Å². The molecule has 18 heavy (non-hydrogen) atoms. The number of carbonyl (C=O) groups is 1. The third kappa shape index (κ3) is 6.54. The zero-order valence-corrected chi connectivity index (χ0v) is 16.0. The molecule has 108 valence electrons. The molecule has 0 fully saturated rings. The summed E-state index contributed by atoms with van der Waals surface area (Å²) < 4.78 is 0. The van der Waals surface area contributed by atoms with Crippen molar-refractivity contribution < 1.29 is 4.79 Å². The predicted octanol–water partition coefficient (Wildman–Crippen LogP) is 3.79. The van der Waals surface area contributed by atoms with E-state index in [0.29, 0.717) is 5.67 Å². The van der Waals surface area contributed by atoms with E-state index in [2.05, 4.69) is 64.3 Å². The van der Waals surface area contributed by atoms with Crippen LogP contribution in [0.5, 0.6) is 0 Å². The van der Waals surface area contributed by atoms with Crippen molar-refractivity contribution in [3.05, 3.63) is 0 Å². The fourth-order valence-corrected chi connectivity index (χ4v) is 7.50. The van der Waals surface area contributed by atoms with Crippen LogP contribution in [0.3, 0.4) is 0 Å². The third-order valence-corrected chi connectivity index (χ3v) is 9.59. The van der Waals surface area contributed by atoms with Crippen molar-refractivity contribution >= 4 is 33.9 Å². The van der Waals surface area contributed by atoms with Crippen molar-refractivity contribution in [3.63, 3.8) is 0 Å². The van der Waals surface area contributed by atoms with E-state index < -0.39 is 16.1 Å². The van der Waals surface area contributed by atoms with Gasteiger partial charge in [-0.15, -0.1) is 12.6 Å². The molecule has 5 heteroatoms. The number of rotatable bonds is 8. The average Bonchev–Trinajstić information content (AvgIpc) is 2.12. The standard InChI is InChI=1S/C13H31NOSSi2/c1-14-12(18(5,6)7)10-8-9-11(13(15)16)17(2,3)4/h11-12,14H,8-10H2,1-7H3,(H,15,16). The summed E-state index contributed by atoms with van der Waals surface area (Å²) in [4.78, 5) is 11.6. The van der Waals surface area contributed by atoms with Gasteiger partial charge in [0, 0.05) is 5.54 Å². The van der Waals surface area contributed by atoms with Gasteiger partial charge in [-0.05, 0) is 25.6 Å². The van der Waals surface area contributed by atoms with Crippen LogP contribution in [0.2, 0.25) is 44.8 Å². The Morgan fingerprint density at radius 1 is 1.06 bits per heavy atom. The van der Waals surface area contributed by atoms with E-state index in [1.54, 1.807) is 0 Å². The predicted molar refractivity (Wildman–Crippen MR) is 91.1 cm³/mol. The minimum atomic E-state index is -1.41. The van der Waals surface area contributed by atoms with Crippen LogP contribution in [0.4, 0.5) is 0 Å². The van der Waals surface area contributed by atoms with Gasteiger partial charge >= 0.3 is 0 Å². The molecular weight excluding hydrogens is 274 g/mol. The fraction of sp³-hybridized carbons (Fsp3) is 0.923. The van der Waals surface area contributed by atoms with Crippen molar-refractivity contribution in [2.45, 2.75) is 69.8 Å². The Balaban J connectivity index is 4.35. The highest BCUT2D eigenvalue weighted by molar-refractivity contribution is 7.97. The van der Waals surface area contributed by atoms with Gasteiger partial charge in [-0.3, -0.25) is 4.79 Å². The maximum absolute atomic E-state index is 11.6. The summed E-state index contributed by atoms with van der Waals surface area (Å²) in [6.07, 6.45) is 3.34. The molecule has 0 heterocycles. The smallest absolute Gasteiger partial charge is 0.186 e. The largest absolute Gasteiger partial charge is 0.320 e. The van der Waals surface area contributed by atoms with Gasteiger partial charge in [-0.25, -0.2) is 0 Å². The quantitative estimate of drug-likeness (QED) is 0.528. The minimum absolute atomic E-state index is 0.100. The lowest BCUT2D eigenvalue weighted by Crippen LogP contribution is -2.47. The molecule has 0 spiro atoms. The molecule has 0 aliphatic carbocycles. The number of hydrogen-bond donors (Lipinski definition) is 2. The number of carbonyl (C=O) groups excluding carboxylic acids is 1. The second-order valence-corrected chi connectivity index (χ2v) is 18.7. The summed E-state index contributed by atoms with van der Waals surface area (Å²) in [6, 6.07) is 0. The van der Waals surface area contributed by atoms with E-state index in [1.165, 1.54) is 6.42 Å². The Kier molecular flexibility index (Phi) is 7.43. The molecule has 0 amide bonds. The molecule has 0 radical (unpaired) electrons. The first kappa shape index (κ1) is 18.4. The Labute approximate surface area is 121 Å². The van der Waals surface area contributed by atoms with Gasteiger partial charge in [-0.2, -0.15) is 0 Å². The molecule has 2 nitrogen and oxygen atoms in total. The van der Waals surface area contributed by atoms with Crippen LogP contribution < -0.4 is 5.32 Å². The Hall–Kier alpha value is 0.414. The van der Waals surface area contributed by atoms with E-state index in [1.807, 2.05) is 0 Å². The second-order valence-electron chi connectivity index (χ2n) is 7.40. The van der Waals surface area contributed by atoms with Crippen molar-refractivity contribution in [2.75, 3.05) is 7.05 Å². The normalized spacial score (nSPS) is 16.4. The number of nitrogens with one attached hydrogen (secondary N) is 1. The SMILES string of the molecule is CNC(CCCC(C(=O)S)[Si](C)(C)C)[Si](C)(C)C. The lowest BCUT2D eigenvalue weighted by molar-refractivity contribution is -0.111. The van der Waals surface area contributed by atoms with Crippen molar-refractivity contribution in [1.82, 2.24) is 5.32 Å². The second kappa shape index (κ2) is 7.26. The van der Waals surface area contributed by atoms with E-state index in [4.69, 9.17) is 0 Å². The van der Waals surface area contributed by atoms with Crippen molar-refractivity contribution in [3.8, 4) is 0 Å². The monoisotopic (exact) mass is 305 g/mol. The molecule has 0 aromatic heterocycles. The fourth-order valence-electron chi connectivity index (χ4n) is 2.46. The third-order valence-electron chi connectivity index (χ3n) is 3.72. The lowest BCUT2D eigenvalue weighted by atomic mass is 10.2. The van der Waals surface area contributed by atoms with Crippen molar-refractivity contribution in [2.24, 2.45) is 0 Å². The van der Waals surface area contributed by atoms with Gasteiger partial charge < -0.3 is 5.32 Å². The first-order valence-corrected chi connectivity index (χ1v) is 14.5. The molecule has 0 aliphatic heterocycles. The van der Waals surface area contributed by atoms with Crippen LogP contribution in [-0.2, 0) is 4.79 Å². The molecule has 2 unspecified atom stereocenters. The van der Waals surface area contributed by atoms with E-state index in [9.17, 15) is 4.79 Å². The lowest BCUT2D eigenvalue weighted by Gasteiger charge is -2.30. The first-order valence-electron chi connectivity index (χ1n) is 6.90. The molecule has 2 atom stereocenters. The molecular formula is C13H31NOSSi2. The maximum atomic E-state index is 11.6. The van der Waals surface area contributed by atoms with E-state index >= 15 is 0 Å². The zero-order valence-electron chi connectivity index (χ0n) is 13.1. The van der Waals surface area contributed by atoms with Gasteiger partial charge in [0.05, 0.1) is 16.1 Å². The first-order chi connectivity index (χ1) is 8.00. The number of hydrogen-bond acceptors (Lipinski definition) is 2. The summed E-state index contributed by atoms with van der Waals surface area (Å²) >= 11 is 4.08. The van der Waals surface area contributed by atoms with E-state index in [-0.39, 0.29) is 10.7 Å². The van der Waals surface area contributed by atoms with Gasteiger partial charge in [0.15, 0.2) is 5.12 Å². The van der Waals surface area contributed by atoms with Crippen molar-refractivity contribution in [1.29, 1.82) is 0 Å². The summed E-state index contributed by atoms with van der Waals surface area (Å²) in [5.41, 5.74) is 0.856. The van der Waals surface area contributed by atoms with Crippen LogP contribution >= 0.6 is 12.6 Å². The molecule has 0 aliphatic rings. The molecule has 0 aromatic carbocycles. The molecule has 1 N–H and O–H groups in total. The zero-order chi connectivity index (χ0) is 14.6. The van der Waals surface area contributed by atoms with Crippen LogP contribution in [0.15, 0.2) is 0 Å². The Morgan fingerprint density at radius 3 is 1.83 bits per heavy atom. The highest BCUT2D eigenvalue weighted by Crippen LogP contribution is 2.30. The minimum Gasteiger partial charge on any atom is -0.320 e. The Bertz CT molecular complexity index is 271. The van der Waals surface area contributed by atoms with Gasteiger partial charge in [0.2, 0.25) is 0 Å². The molecule has 0 bridgehead atoms. The highest BCUT2D eigenvalue weighted by atomic mass is 32.1.